The van der Waals surface area contributed by atoms with E-state index in [1.165, 1.54) is 6.92 Å². The van der Waals surface area contributed by atoms with Gasteiger partial charge in [-0.1, -0.05) is 65.3 Å². The van der Waals surface area contributed by atoms with Gasteiger partial charge in [0, 0.05) is 21.5 Å². The zero-order chi connectivity index (χ0) is 20.6. The first-order valence-corrected chi connectivity index (χ1v) is 10.2. The lowest BCUT2D eigenvalue weighted by Crippen LogP contribution is -2.37. The van der Waals surface area contributed by atoms with E-state index in [4.69, 9.17) is 4.74 Å². The summed E-state index contributed by atoms with van der Waals surface area (Å²) in [6.45, 7) is 3.10. The Morgan fingerprint density at radius 2 is 1.69 bits per heavy atom. The van der Waals surface area contributed by atoms with Crippen molar-refractivity contribution in [2.24, 2.45) is 10.8 Å². The molecule has 1 fully saturated rings. The fourth-order valence-corrected chi connectivity index (χ4v) is 5.49. The van der Waals surface area contributed by atoms with Crippen LogP contribution in [-0.2, 0) is 9.59 Å². The molecule has 0 spiro atoms. The lowest BCUT2D eigenvalue weighted by molar-refractivity contribution is -0.147. The highest BCUT2D eigenvalue weighted by atomic mass is 79.9. The number of hydrogen-bond donors (Lipinski definition) is 0. The molecular weight excluding hydrogens is 432 g/mol. The van der Waals surface area contributed by atoms with Crippen LogP contribution in [0, 0.1) is 10.8 Å². The number of benzene rings is 3. The number of fused-ring (bicyclic) bond motifs is 5. The van der Waals surface area contributed by atoms with E-state index < -0.39 is 22.7 Å². The Bertz CT molecular complexity index is 1230. The molecule has 0 N–H and O–H groups in total. The van der Waals surface area contributed by atoms with Crippen LogP contribution >= 0.6 is 15.9 Å². The Hall–Kier alpha value is -2.79. The molecule has 29 heavy (non-hydrogen) atoms. The lowest BCUT2D eigenvalue weighted by atomic mass is 9.85. The molecule has 1 saturated carbocycles. The number of hydrogen-bond acceptors (Lipinski definition) is 4. The van der Waals surface area contributed by atoms with Crippen molar-refractivity contribution in [2.75, 3.05) is 0 Å². The summed E-state index contributed by atoms with van der Waals surface area (Å²) in [6, 6.07) is 18.4. The predicted molar refractivity (Wildman–Crippen MR) is 112 cm³/mol. The van der Waals surface area contributed by atoms with E-state index in [2.05, 4.69) is 15.9 Å². The molecule has 144 valence electrons. The maximum atomic E-state index is 13.6. The topological polar surface area (TPSA) is 60.4 Å². The van der Waals surface area contributed by atoms with E-state index in [0.29, 0.717) is 11.3 Å². The average Bonchev–Trinajstić information content (AvgIpc) is 3.31. The van der Waals surface area contributed by atoms with Gasteiger partial charge in [-0.2, -0.15) is 0 Å². The molecule has 3 aromatic carbocycles. The second-order valence-corrected chi connectivity index (χ2v) is 8.84. The summed E-state index contributed by atoms with van der Waals surface area (Å²) in [7, 11) is 0. The zero-order valence-corrected chi connectivity index (χ0v) is 17.4. The quantitative estimate of drug-likeness (QED) is 0.242. The highest BCUT2D eigenvalue weighted by Gasteiger charge is 2.86. The minimum Gasteiger partial charge on any atom is -0.425 e. The Morgan fingerprint density at radius 3 is 2.38 bits per heavy atom. The van der Waals surface area contributed by atoms with E-state index in [1.54, 1.807) is 37.3 Å². The molecule has 0 aromatic heterocycles. The summed E-state index contributed by atoms with van der Waals surface area (Å²) < 4.78 is 6.49. The van der Waals surface area contributed by atoms with Gasteiger partial charge in [0.15, 0.2) is 5.78 Å². The van der Waals surface area contributed by atoms with Crippen molar-refractivity contribution in [3.05, 3.63) is 76.3 Å². The molecule has 4 nitrogen and oxygen atoms in total. The number of ketones is 2. The molecule has 2 aliphatic rings. The third kappa shape index (κ3) is 2.11. The fourth-order valence-electron chi connectivity index (χ4n) is 5.22. The second kappa shape index (κ2) is 5.86. The summed E-state index contributed by atoms with van der Waals surface area (Å²) in [4.78, 5) is 39.6. The van der Waals surface area contributed by atoms with E-state index in [1.807, 2.05) is 30.3 Å². The first kappa shape index (κ1) is 18.3. The van der Waals surface area contributed by atoms with Gasteiger partial charge in [0.2, 0.25) is 0 Å². The maximum Gasteiger partial charge on any atom is 0.326 e. The Morgan fingerprint density at radius 1 is 1.00 bits per heavy atom. The number of ether oxygens (including phenoxy) is 1. The molecule has 1 aliphatic carbocycles. The van der Waals surface area contributed by atoms with Crippen molar-refractivity contribution < 1.29 is 19.1 Å². The summed E-state index contributed by atoms with van der Waals surface area (Å²) in [5.74, 6) is -1.30. The van der Waals surface area contributed by atoms with Crippen LogP contribution in [0.25, 0.3) is 10.8 Å². The smallest absolute Gasteiger partial charge is 0.326 e. The van der Waals surface area contributed by atoms with E-state index in [-0.39, 0.29) is 11.6 Å². The zero-order valence-electron chi connectivity index (χ0n) is 15.9. The largest absolute Gasteiger partial charge is 0.425 e. The molecule has 0 radical (unpaired) electrons. The van der Waals surface area contributed by atoms with E-state index in [9.17, 15) is 14.4 Å². The predicted octanol–water partition coefficient (Wildman–Crippen LogP) is 5.08. The molecule has 1 heterocycles. The van der Waals surface area contributed by atoms with Crippen LogP contribution in [0.5, 0.6) is 5.75 Å². The van der Waals surface area contributed by atoms with Crippen LogP contribution in [0.2, 0.25) is 0 Å². The molecule has 3 aromatic rings. The molecule has 0 bridgehead atoms. The summed E-state index contributed by atoms with van der Waals surface area (Å²) in [5.41, 5.74) is -1.45. The van der Waals surface area contributed by atoms with Gasteiger partial charge in [-0.05, 0) is 35.9 Å². The van der Waals surface area contributed by atoms with Crippen LogP contribution in [0.4, 0.5) is 0 Å². The number of Topliss-reactive ketones (excluding diaryl/α,β-unsaturated/α-hetero) is 2. The highest BCUT2D eigenvalue weighted by molar-refractivity contribution is 9.10. The molecular formula is C24H17BrO4. The minimum atomic E-state index is -1.49. The van der Waals surface area contributed by atoms with E-state index in [0.717, 1.165) is 20.8 Å². The molecule has 0 amide bonds. The van der Waals surface area contributed by atoms with Crippen molar-refractivity contribution >= 4 is 44.2 Å². The first-order chi connectivity index (χ1) is 13.8. The van der Waals surface area contributed by atoms with E-state index >= 15 is 0 Å². The number of carbonyl (C=O) groups excluding carboxylic acids is 3. The SMILES string of the molecule is CC(=O)[C@@]12C(=O)Oc3ccc4ccccc4c3[C@@H]1[C@]2(C)C(=O)c1ccc(Br)cc1. The van der Waals surface area contributed by atoms with Crippen LogP contribution in [0.1, 0.15) is 35.7 Å². The Labute approximate surface area is 176 Å². The van der Waals surface area contributed by atoms with Gasteiger partial charge in [0.1, 0.15) is 16.9 Å². The Kier molecular flexibility index (Phi) is 3.69. The monoisotopic (exact) mass is 448 g/mol. The van der Waals surface area contributed by atoms with Crippen molar-refractivity contribution in [1.82, 2.24) is 0 Å². The van der Waals surface area contributed by atoms with Gasteiger partial charge in [-0.15, -0.1) is 0 Å². The standard InChI is InChI=1S/C24H17BrO4/c1-13(26)24-20(23(24,2)21(27)15-7-10-16(25)11-8-15)19-17-6-4-3-5-14(17)9-12-18(19)29-22(24)28/h3-12,20H,1-2H3/t20-,23-,24+/m1/s1. The molecule has 1 aliphatic heterocycles. The van der Waals surface area contributed by atoms with Gasteiger partial charge in [-0.25, -0.2) is 0 Å². The lowest BCUT2D eigenvalue weighted by Gasteiger charge is -2.22. The number of esters is 1. The fraction of sp³-hybridized carbons (Fsp3) is 0.208. The molecule has 5 rings (SSSR count). The van der Waals surface area contributed by atoms with Gasteiger partial charge < -0.3 is 4.74 Å². The van der Waals surface area contributed by atoms with Crippen LogP contribution in [-0.4, -0.2) is 17.5 Å². The molecule has 0 unspecified atom stereocenters. The third-order valence-electron chi connectivity index (χ3n) is 6.62. The van der Waals surface area contributed by atoms with Crippen LogP contribution < -0.4 is 4.74 Å². The van der Waals surface area contributed by atoms with Crippen molar-refractivity contribution in [2.45, 2.75) is 19.8 Å². The molecule has 0 saturated heterocycles. The van der Waals surface area contributed by atoms with Gasteiger partial charge in [0.05, 0.1) is 5.41 Å². The van der Waals surface area contributed by atoms with Crippen molar-refractivity contribution in [3.63, 3.8) is 0 Å². The minimum absolute atomic E-state index is 0.220. The molecule has 3 atom stereocenters. The van der Waals surface area contributed by atoms with Gasteiger partial charge >= 0.3 is 5.97 Å². The Balaban J connectivity index is 1.77. The third-order valence-corrected chi connectivity index (χ3v) is 7.15. The first-order valence-electron chi connectivity index (χ1n) is 9.39. The van der Waals surface area contributed by atoms with Crippen LogP contribution in [0.15, 0.2) is 65.1 Å². The van der Waals surface area contributed by atoms with Crippen molar-refractivity contribution in [1.29, 1.82) is 0 Å². The average molecular weight is 449 g/mol. The van der Waals surface area contributed by atoms with Gasteiger partial charge in [0.25, 0.3) is 0 Å². The van der Waals surface area contributed by atoms with Crippen LogP contribution in [0.3, 0.4) is 0 Å². The number of carbonyl (C=O) groups is 3. The summed E-state index contributed by atoms with van der Waals surface area (Å²) in [5, 5.41) is 1.88. The summed E-state index contributed by atoms with van der Waals surface area (Å²) >= 11 is 3.37. The summed E-state index contributed by atoms with van der Waals surface area (Å²) in [6.07, 6.45) is 0. The van der Waals surface area contributed by atoms with Gasteiger partial charge in [-0.3, -0.25) is 14.4 Å². The van der Waals surface area contributed by atoms with Crippen molar-refractivity contribution in [3.8, 4) is 5.75 Å². The molecule has 5 heteroatoms. The maximum absolute atomic E-state index is 13.6. The number of halogens is 1. The highest BCUT2D eigenvalue weighted by Crippen LogP contribution is 2.79. The number of rotatable bonds is 3. The normalized spacial score (nSPS) is 27.0. The second-order valence-electron chi connectivity index (χ2n) is 7.92.